The molecule has 4 heterocycles. The Bertz CT molecular complexity index is 952. The third kappa shape index (κ3) is 3.76. The third-order valence-corrected chi connectivity index (χ3v) is 5.15. The van der Waals surface area contributed by atoms with Gasteiger partial charge >= 0.3 is 0 Å². The lowest BCUT2D eigenvalue weighted by molar-refractivity contribution is 0.0672. The van der Waals surface area contributed by atoms with Crippen LogP contribution >= 0.6 is 0 Å². The van der Waals surface area contributed by atoms with Crippen molar-refractivity contribution in [2.75, 3.05) is 13.1 Å². The largest absolute Gasteiger partial charge is 0.361 e. The van der Waals surface area contributed by atoms with Crippen LogP contribution < -0.4 is 0 Å². The molecule has 0 bridgehead atoms. The summed E-state index contributed by atoms with van der Waals surface area (Å²) in [5.41, 5.74) is 4.12. The molecule has 0 aliphatic carbocycles. The Morgan fingerprint density at radius 1 is 1.29 bits per heavy atom. The van der Waals surface area contributed by atoms with Gasteiger partial charge in [0.2, 0.25) is 0 Å². The Kier molecular flexibility index (Phi) is 5.10. The second-order valence-corrected chi connectivity index (χ2v) is 7.19. The minimum absolute atomic E-state index is 0.0127. The number of carbonyl (C=O) groups excluding carboxylic acids is 1. The van der Waals surface area contributed by atoms with Gasteiger partial charge in [0.25, 0.3) is 5.91 Å². The molecule has 1 atom stereocenters. The SMILES string of the molecule is Cc1noc(C)c1-c1cc(C[C@@H]2CCCN(C(=O)c3ccnnc3)C2)ncn1. The van der Waals surface area contributed by atoms with E-state index in [1.807, 2.05) is 24.8 Å². The summed E-state index contributed by atoms with van der Waals surface area (Å²) in [6, 6.07) is 3.71. The van der Waals surface area contributed by atoms with Crippen LogP contribution in [0.4, 0.5) is 0 Å². The van der Waals surface area contributed by atoms with Crippen molar-refractivity contribution in [3.05, 3.63) is 53.6 Å². The van der Waals surface area contributed by atoms with E-state index in [-0.39, 0.29) is 5.91 Å². The summed E-state index contributed by atoms with van der Waals surface area (Å²) in [7, 11) is 0. The first kappa shape index (κ1) is 18.2. The van der Waals surface area contributed by atoms with Gasteiger partial charge in [-0.15, -0.1) is 0 Å². The number of piperidine rings is 1. The fourth-order valence-electron chi connectivity index (χ4n) is 3.81. The summed E-state index contributed by atoms with van der Waals surface area (Å²) < 4.78 is 5.26. The Morgan fingerprint density at radius 3 is 2.93 bits per heavy atom. The lowest BCUT2D eigenvalue weighted by atomic mass is 9.92. The van der Waals surface area contributed by atoms with Crippen LogP contribution in [0.3, 0.4) is 0 Å². The topological polar surface area (TPSA) is 97.9 Å². The highest BCUT2D eigenvalue weighted by Gasteiger charge is 2.25. The number of likely N-dealkylation sites (tertiary alicyclic amines) is 1. The minimum atomic E-state index is 0.0127. The van der Waals surface area contributed by atoms with Crippen molar-refractivity contribution in [3.63, 3.8) is 0 Å². The molecule has 1 fully saturated rings. The van der Waals surface area contributed by atoms with E-state index >= 15 is 0 Å². The summed E-state index contributed by atoms with van der Waals surface area (Å²) in [4.78, 5) is 23.4. The van der Waals surface area contributed by atoms with Crippen molar-refractivity contribution in [1.82, 2.24) is 30.2 Å². The zero-order valence-electron chi connectivity index (χ0n) is 16.0. The number of carbonyl (C=O) groups is 1. The molecule has 0 saturated carbocycles. The summed E-state index contributed by atoms with van der Waals surface area (Å²) in [5.74, 6) is 1.13. The number of hydrogen-bond donors (Lipinski definition) is 0. The normalized spacial score (nSPS) is 16.9. The van der Waals surface area contributed by atoms with Crippen molar-refractivity contribution in [1.29, 1.82) is 0 Å². The van der Waals surface area contributed by atoms with E-state index in [4.69, 9.17) is 4.52 Å². The molecule has 0 aromatic carbocycles. The summed E-state index contributed by atoms with van der Waals surface area (Å²) in [5, 5.41) is 11.6. The Balaban J connectivity index is 1.47. The van der Waals surface area contributed by atoms with Crippen molar-refractivity contribution in [3.8, 4) is 11.3 Å². The Labute approximate surface area is 163 Å². The Morgan fingerprint density at radius 2 is 2.18 bits per heavy atom. The molecule has 1 aliphatic heterocycles. The van der Waals surface area contributed by atoms with E-state index in [2.05, 4.69) is 25.3 Å². The minimum Gasteiger partial charge on any atom is -0.361 e. The van der Waals surface area contributed by atoms with Crippen LogP contribution in [0.1, 0.15) is 40.3 Å². The lowest BCUT2D eigenvalue weighted by Crippen LogP contribution is -2.40. The molecule has 0 spiro atoms. The van der Waals surface area contributed by atoms with E-state index in [9.17, 15) is 4.79 Å². The van der Waals surface area contributed by atoms with Gasteiger partial charge in [-0.3, -0.25) is 4.79 Å². The summed E-state index contributed by atoms with van der Waals surface area (Å²) >= 11 is 0. The highest BCUT2D eigenvalue weighted by atomic mass is 16.5. The number of aryl methyl sites for hydroxylation is 2. The summed E-state index contributed by atoms with van der Waals surface area (Å²) in [6.07, 6.45) is 7.51. The molecular formula is C20H22N6O2. The van der Waals surface area contributed by atoms with Crippen molar-refractivity contribution in [2.24, 2.45) is 5.92 Å². The Hall–Kier alpha value is -3.16. The zero-order valence-corrected chi connectivity index (χ0v) is 16.0. The van der Waals surface area contributed by atoms with Crippen molar-refractivity contribution >= 4 is 5.91 Å². The first-order valence-corrected chi connectivity index (χ1v) is 9.42. The van der Waals surface area contributed by atoms with Crippen LogP contribution in [0, 0.1) is 19.8 Å². The van der Waals surface area contributed by atoms with Gasteiger partial charge in [0.1, 0.15) is 12.1 Å². The lowest BCUT2D eigenvalue weighted by Gasteiger charge is -2.32. The smallest absolute Gasteiger partial charge is 0.255 e. The molecular weight excluding hydrogens is 356 g/mol. The van der Waals surface area contributed by atoms with Crippen LogP contribution in [-0.2, 0) is 6.42 Å². The first-order valence-electron chi connectivity index (χ1n) is 9.42. The zero-order chi connectivity index (χ0) is 19.5. The average Bonchev–Trinajstić information content (AvgIpc) is 3.06. The summed E-state index contributed by atoms with van der Waals surface area (Å²) in [6.45, 7) is 5.28. The van der Waals surface area contributed by atoms with Crippen molar-refractivity contribution in [2.45, 2.75) is 33.1 Å². The van der Waals surface area contributed by atoms with Gasteiger partial charge in [-0.25, -0.2) is 9.97 Å². The van der Waals surface area contributed by atoms with E-state index in [1.54, 1.807) is 18.6 Å². The highest BCUT2D eigenvalue weighted by Crippen LogP contribution is 2.27. The van der Waals surface area contributed by atoms with Gasteiger partial charge < -0.3 is 9.42 Å². The molecule has 144 valence electrons. The molecule has 3 aromatic heterocycles. The van der Waals surface area contributed by atoms with Crippen LogP contribution in [0.5, 0.6) is 0 Å². The van der Waals surface area contributed by atoms with Crippen LogP contribution in [-0.4, -0.2) is 49.2 Å². The quantitative estimate of drug-likeness (QED) is 0.688. The third-order valence-electron chi connectivity index (χ3n) is 5.15. The molecule has 3 aromatic rings. The fourth-order valence-corrected chi connectivity index (χ4v) is 3.81. The molecule has 1 saturated heterocycles. The number of rotatable bonds is 4. The molecule has 0 unspecified atom stereocenters. The van der Waals surface area contributed by atoms with Crippen LogP contribution in [0.2, 0.25) is 0 Å². The van der Waals surface area contributed by atoms with E-state index < -0.39 is 0 Å². The molecule has 8 heteroatoms. The number of nitrogens with zero attached hydrogens (tertiary/aromatic N) is 6. The van der Waals surface area contributed by atoms with E-state index in [0.717, 1.165) is 54.2 Å². The molecule has 1 aliphatic rings. The molecule has 4 rings (SSSR count). The molecule has 28 heavy (non-hydrogen) atoms. The molecule has 8 nitrogen and oxygen atoms in total. The second-order valence-electron chi connectivity index (χ2n) is 7.19. The van der Waals surface area contributed by atoms with E-state index in [0.29, 0.717) is 18.0 Å². The highest BCUT2D eigenvalue weighted by molar-refractivity contribution is 5.93. The van der Waals surface area contributed by atoms with Gasteiger partial charge in [-0.1, -0.05) is 5.16 Å². The second kappa shape index (κ2) is 7.84. The maximum atomic E-state index is 12.7. The maximum Gasteiger partial charge on any atom is 0.255 e. The standard InChI is InChI=1S/C20H22N6O2/c1-13-19(14(2)28-25-13)18-9-17(21-12-22-18)8-15-4-3-7-26(11-15)20(27)16-5-6-23-24-10-16/h5-6,9-10,12,15H,3-4,7-8,11H2,1-2H3/t15-/m0/s1. The molecule has 1 amide bonds. The van der Waals surface area contributed by atoms with Crippen molar-refractivity contribution < 1.29 is 9.32 Å². The van der Waals surface area contributed by atoms with Gasteiger partial charge in [-0.05, 0) is 51.2 Å². The van der Waals surface area contributed by atoms with E-state index in [1.165, 1.54) is 6.20 Å². The molecule has 0 radical (unpaired) electrons. The maximum absolute atomic E-state index is 12.7. The van der Waals surface area contributed by atoms with Crippen LogP contribution in [0.15, 0.2) is 35.4 Å². The molecule has 0 N–H and O–H groups in total. The average molecular weight is 378 g/mol. The predicted octanol–water partition coefficient (Wildman–Crippen LogP) is 2.63. The fraction of sp³-hybridized carbons (Fsp3) is 0.400. The van der Waals surface area contributed by atoms with Gasteiger partial charge in [-0.2, -0.15) is 10.2 Å². The first-order chi connectivity index (χ1) is 13.6. The predicted molar refractivity (Wildman–Crippen MR) is 101 cm³/mol. The number of amides is 1. The van der Waals surface area contributed by atoms with Crippen LogP contribution in [0.25, 0.3) is 11.3 Å². The van der Waals surface area contributed by atoms with Gasteiger partial charge in [0.15, 0.2) is 0 Å². The monoisotopic (exact) mass is 378 g/mol. The number of hydrogen-bond acceptors (Lipinski definition) is 7. The van der Waals surface area contributed by atoms with Gasteiger partial charge in [0.05, 0.1) is 34.9 Å². The number of aromatic nitrogens is 5. The van der Waals surface area contributed by atoms with Gasteiger partial charge in [0, 0.05) is 18.8 Å².